The van der Waals surface area contributed by atoms with E-state index >= 15 is 0 Å². The first kappa shape index (κ1) is 25.7. The SMILES string of the molecule is N#Cc1ccc(CCNC(=O)C2CCCN2c2cc(N3CCC(CN)CC3)nc(C(F)(F)F)n2)cc1. The molecule has 4 rings (SSSR count). The minimum absolute atomic E-state index is 0.123. The van der Waals surface area contributed by atoms with Crippen molar-refractivity contribution in [3.8, 4) is 6.07 Å². The van der Waals surface area contributed by atoms with Gasteiger partial charge in [-0.1, -0.05) is 12.1 Å². The fourth-order valence-corrected chi connectivity index (χ4v) is 4.76. The van der Waals surface area contributed by atoms with Crippen LogP contribution in [0.1, 0.15) is 42.6 Å². The van der Waals surface area contributed by atoms with Crippen LogP contribution in [0.25, 0.3) is 0 Å². The van der Waals surface area contributed by atoms with Gasteiger partial charge >= 0.3 is 6.18 Å². The molecule has 2 aromatic rings. The molecule has 0 radical (unpaired) electrons. The van der Waals surface area contributed by atoms with E-state index in [1.165, 1.54) is 0 Å². The van der Waals surface area contributed by atoms with Gasteiger partial charge < -0.3 is 20.9 Å². The predicted molar refractivity (Wildman–Crippen MR) is 129 cm³/mol. The Morgan fingerprint density at radius 3 is 2.44 bits per heavy atom. The highest BCUT2D eigenvalue weighted by Gasteiger charge is 2.38. The molecule has 0 aliphatic carbocycles. The summed E-state index contributed by atoms with van der Waals surface area (Å²) in [6.07, 6.45) is -1.31. The average Bonchev–Trinajstić information content (AvgIpc) is 3.39. The van der Waals surface area contributed by atoms with Gasteiger partial charge in [0.2, 0.25) is 11.7 Å². The Hall–Kier alpha value is -3.39. The number of rotatable bonds is 7. The van der Waals surface area contributed by atoms with Crippen molar-refractivity contribution in [2.24, 2.45) is 11.7 Å². The Morgan fingerprint density at radius 1 is 1.11 bits per heavy atom. The van der Waals surface area contributed by atoms with Crippen molar-refractivity contribution < 1.29 is 18.0 Å². The monoisotopic (exact) mass is 501 g/mol. The lowest BCUT2D eigenvalue weighted by atomic mass is 9.97. The smallest absolute Gasteiger partial charge is 0.356 e. The Morgan fingerprint density at radius 2 is 1.81 bits per heavy atom. The summed E-state index contributed by atoms with van der Waals surface area (Å²) >= 11 is 0. The average molecular weight is 502 g/mol. The number of hydrogen-bond donors (Lipinski definition) is 2. The second kappa shape index (κ2) is 11.1. The van der Waals surface area contributed by atoms with Crippen LogP contribution in [0.3, 0.4) is 0 Å². The van der Waals surface area contributed by atoms with Crippen LogP contribution >= 0.6 is 0 Å². The Kier molecular flexibility index (Phi) is 7.94. The number of carbonyl (C=O) groups is 1. The molecule has 2 aliphatic heterocycles. The summed E-state index contributed by atoms with van der Waals surface area (Å²) in [6.45, 7) is 2.54. The van der Waals surface area contributed by atoms with E-state index in [9.17, 15) is 18.0 Å². The van der Waals surface area contributed by atoms with Crippen molar-refractivity contribution in [2.45, 2.75) is 44.3 Å². The molecule has 0 saturated carbocycles. The van der Waals surface area contributed by atoms with Gasteiger partial charge in [0, 0.05) is 32.2 Å². The number of halogens is 3. The number of anilines is 2. The molecule has 1 unspecified atom stereocenters. The molecule has 36 heavy (non-hydrogen) atoms. The lowest BCUT2D eigenvalue weighted by Crippen LogP contribution is -2.44. The summed E-state index contributed by atoms with van der Waals surface area (Å²) in [5, 5.41) is 11.8. The van der Waals surface area contributed by atoms with Gasteiger partial charge in [-0.3, -0.25) is 4.79 Å². The van der Waals surface area contributed by atoms with Gasteiger partial charge in [-0.2, -0.15) is 18.4 Å². The minimum atomic E-state index is -4.70. The molecule has 3 heterocycles. The van der Waals surface area contributed by atoms with Gasteiger partial charge in [0.25, 0.3) is 0 Å². The van der Waals surface area contributed by atoms with Crippen LogP contribution in [0.5, 0.6) is 0 Å². The lowest BCUT2D eigenvalue weighted by molar-refractivity contribution is -0.144. The second-order valence-corrected chi connectivity index (χ2v) is 9.27. The van der Waals surface area contributed by atoms with Gasteiger partial charge in [-0.05, 0) is 62.3 Å². The van der Waals surface area contributed by atoms with Gasteiger partial charge in [-0.15, -0.1) is 0 Å². The Balaban J connectivity index is 1.47. The molecular weight excluding hydrogens is 471 g/mol. The molecule has 1 atom stereocenters. The first-order valence-electron chi connectivity index (χ1n) is 12.2. The topological polar surface area (TPSA) is 111 Å². The number of alkyl halides is 3. The lowest BCUT2D eigenvalue weighted by Gasteiger charge is -2.33. The summed E-state index contributed by atoms with van der Waals surface area (Å²) < 4.78 is 41.0. The summed E-state index contributed by atoms with van der Waals surface area (Å²) in [7, 11) is 0. The van der Waals surface area contributed by atoms with E-state index in [-0.39, 0.29) is 17.5 Å². The van der Waals surface area contributed by atoms with Crippen LogP contribution in [0.4, 0.5) is 24.8 Å². The number of piperidine rings is 1. The zero-order chi connectivity index (χ0) is 25.7. The second-order valence-electron chi connectivity index (χ2n) is 9.27. The number of amides is 1. The summed E-state index contributed by atoms with van der Waals surface area (Å²) in [5.74, 6) is -0.713. The fraction of sp³-hybridized carbons (Fsp3) is 0.520. The van der Waals surface area contributed by atoms with E-state index in [0.29, 0.717) is 63.5 Å². The van der Waals surface area contributed by atoms with Crippen LogP contribution in [0, 0.1) is 17.2 Å². The molecule has 0 bridgehead atoms. The van der Waals surface area contributed by atoms with E-state index in [0.717, 1.165) is 18.4 Å². The zero-order valence-corrected chi connectivity index (χ0v) is 20.0. The number of nitriles is 1. The molecule has 2 saturated heterocycles. The number of nitrogens with zero attached hydrogens (tertiary/aromatic N) is 5. The van der Waals surface area contributed by atoms with E-state index in [1.54, 1.807) is 23.1 Å². The molecule has 192 valence electrons. The third-order valence-corrected chi connectivity index (χ3v) is 6.87. The Labute approximate surface area is 208 Å². The predicted octanol–water partition coefficient (Wildman–Crippen LogP) is 2.87. The van der Waals surface area contributed by atoms with Crippen molar-refractivity contribution in [2.75, 3.05) is 42.5 Å². The first-order valence-corrected chi connectivity index (χ1v) is 12.2. The fourth-order valence-electron chi connectivity index (χ4n) is 4.76. The largest absolute Gasteiger partial charge is 0.451 e. The highest BCUT2D eigenvalue weighted by atomic mass is 19.4. The van der Waals surface area contributed by atoms with Crippen LogP contribution in [-0.2, 0) is 17.4 Å². The maximum atomic E-state index is 13.7. The van der Waals surface area contributed by atoms with Gasteiger partial charge in [-0.25, -0.2) is 9.97 Å². The number of nitrogens with two attached hydrogens (primary N) is 1. The van der Waals surface area contributed by atoms with Crippen LogP contribution in [0.15, 0.2) is 30.3 Å². The van der Waals surface area contributed by atoms with Gasteiger partial charge in [0.1, 0.15) is 17.7 Å². The van der Waals surface area contributed by atoms with Gasteiger partial charge in [0.15, 0.2) is 0 Å². The van der Waals surface area contributed by atoms with Crippen molar-refractivity contribution in [3.05, 3.63) is 47.3 Å². The molecule has 1 aromatic carbocycles. The quantitative estimate of drug-likeness (QED) is 0.600. The molecular formula is C25H30F3N7O. The normalized spacial score (nSPS) is 18.8. The molecule has 1 amide bonds. The zero-order valence-electron chi connectivity index (χ0n) is 20.0. The molecule has 3 N–H and O–H groups in total. The molecule has 2 fully saturated rings. The summed E-state index contributed by atoms with van der Waals surface area (Å²) in [4.78, 5) is 24.1. The molecule has 8 nitrogen and oxygen atoms in total. The molecule has 2 aliphatic rings. The number of benzene rings is 1. The number of nitrogens with one attached hydrogen (secondary N) is 1. The third kappa shape index (κ3) is 6.05. The van der Waals surface area contributed by atoms with E-state index in [1.807, 2.05) is 17.0 Å². The van der Waals surface area contributed by atoms with E-state index < -0.39 is 18.0 Å². The maximum Gasteiger partial charge on any atom is 0.451 e. The molecule has 0 spiro atoms. The highest BCUT2D eigenvalue weighted by Crippen LogP contribution is 2.33. The van der Waals surface area contributed by atoms with Crippen molar-refractivity contribution in [3.63, 3.8) is 0 Å². The van der Waals surface area contributed by atoms with E-state index in [4.69, 9.17) is 11.0 Å². The van der Waals surface area contributed by atoms with Crippen molar-refractivity contribution >= 4 is 17.5 Å². The maximum absolute atomic E-state index is 13.7. The van der Waals surface area contributed by atoms with Crippen LogP contribution in [0.2, 0.25) is 0 Å². The van der Waals surface area contributed by atoms with Crippen LogP contribution in [-0.4, -0.2) is 54.6 Å². The number of carbonyl (C=O) groups excluding carboxylic acids is 1. The first-order chi connectivity index (χ1) is 17.3. The number of hydrogen-bond acceptors (Lipinski definition) is 7. The highest BCUT2D eigenvalue weighted by molar-refractivity contribution is 5.85. The molecule has 1 aromatic heterocycles. The number of aromatic nitrogens is 2. The summed E-state index contributed by atoms with van der Waals surface area (Å²) in [5.41, 5.74) is 7.29. The Bertz CT molecular complexity index is 1090. The standard InChI is InChI=1S/C25H30F3N7O/c26-25(27,28)24-32-21(34-12-8-19(16-30)9-13-34)14-22(33-24)35-11-1-2-20(35)23(36)31-10-7-17-3-5-18(15-29)6-4-17/h3-6,14,19-20H,1-2,7-13,16,30H2,(H,31,36). The van der Waals surface area contributed by atoms with Crippen molar-refractivity contribution in [1.82, 2.24) is 15.3 Å². The minimum Gasteiger partial charge on any atom is -0.356 e. The third-order valence-electron chi connectivity index (χ3n) is 6.87. The van der Waals surface area contributed by atoms with E-state index in [2.05, 4.69) is 21.4 Å². The van der Waals surface area contributed by atoms with Gasteiger partial charge in [0.05, 0.1) is 11.6 Å². The van der Waals surface area contributed by atoms with Crippen molar-refractivity contribution in [1.29, 1.82) is 5.26 Å². The van der Waals surface area contributed by atoms with Crippen LogP contribution < -0.4 is 20.9 Å². The molecule has 11 heteroatoms. The summed E-state index contributed by atoms with van der Waals surface area (Å²) in [6, 6.07) is 10.2.